The molecule has 1 aliphatic heterocycles. The SMILES string of the molecule is CN(C)C1=NC2(CCC(O)CC2)NC(N)=N1. The van der Waals surface area contributed by atoms with Crippen molar-refractivity contribution in [3.8, 4) is 0 Å². The molecule has 1 saturated carbocycles. The first kappa shape index (κ1) is 11.2. The number of aliphatic imine (C=N–C) groups is 2. The van der Waals surface area contributed by atoms with Gasteiger partial charge in [-0.2, -0.15) is 4.99 Å². The minimum Gasteiger partial charge on any atom is -0.393 e. The average Bonchev–Trinajstić information content (AvgIpc) is 2.22. The van der Waals surface area contributed by atoms with Gasteiger partial charge in [-0.05, 0) is 25.7 Å². The zero-order chi connectivity index (χ0) is 11.8. The summed E-state index contributed by atoms with van der Waals surface area (Å²) >= 11 is 0. The number of hydrogen-bond donors (Lipinski definition) is 3. The summed E-state index contributed by atoms with van der Waals surface area (Å²) in [5.41, 5.74) is 5.42. The summed E-state index contributed by atoms with van der Waals surface area (Å²) in [6, 6.07) is 0. The summed E-state index contributed by atoms with van der Waals surface area (Å²) in [5.74, 6) is 1.06. The highest BCUT2D eigenvalue weighted by atomic mass is 16.3. The van der Waals surface area contributed by atoms with E-state index in [1.165, 1.54) is 0 Å². The molecule has 4 N–H and O–H groups in total. The highest BCUT2D eigenvalue weighted by Crippen LogP contribution is 2.31. The molecule has 1 fully saturated rings. The number of nitrogens with two attached hydrogens (primary N) is 1. The standard InChI is InChI=1S/C10H19N5O/c1-15(2)9-12-8(11)13-10(14-9)5-3-7(16)4-6-10/h7,16H,3-6H2,1-2H3,(H3,11,12,13,14). The lowest BCUT2D eigenvalue weighted by atomic mass is 9.87. The first-order valence-corrected chi connectivity index (χ1v) is 5.58. The van der Waals surface area contributed by atoms with E-state index in [2.05, 4.69) is 15.3 Å². The van der Waals surface area contributed by atoms with Gasteiger partial charge in [0.15, 0.2) is 5.96 Å². The Bertz CT molecular complexity index is 328. The maximum absolute atomic E-state index is 9.52. The number of nitrogens with one attached hydrogen (secondary N) is 1. The van der Waals surface area contributed by atoms with Crippen LogP contribution in [0.5, 0.6) is 0 Å². The van der Waals surface area contributed by atoms with E-state index in [0.717, 1.165) is 25.7 Å². The average molecular weight is 225 g/mol. The normalized spacial score (nSPS) is 34.1. The van der Waals surface area contributed by atoms with Crippen LogP contribution in [0, 0.1) is 0 Å². The summed E-state index contributed by atoms with van der Waals surface area (Å²) in [7, 11) is 3.79. The zero-order valence-electron chi connectivity index (χ0n) is 9.77. The van der Waals surface area contributed by atoms with E-state index in [-0.39, 0.29) is 11.8 Å². The first-order chi connectivity index (χ1) is 7.51. The van der Waals surface area contributed by atoms with Crippen molar-refractivity contribution < 1.29 is 5.11 Å². The van der Waals surface area contributed by atoms with Crippen LogP contribution < -0.4 is 11.1 Å². The van der Waals surface area contributed by atoms with Gasteiger partial charge in [-0.25, -0.2) is 4.99 Å². The largest absolute Gasteiger partial charge is 0.393 e. The second-order valence-electron chi connectivity index (χ2n) is 4.69. The minimum atomic E-state index is -0.356. The molecule has 0 aromatic heterocycles. The molecule has 1 aliphatic carbocycles. The number of guanidine groups is 2. The van der Waals surface area contributed by atoms with E-state index in [4.69, 9.17) is 5.73 Å². The van der Waals surface area contributed by atoms with E-state index < -0.39 is 0 Å². The van der Waals surface area contributed by atoms with Gasteiger partial charge in [0.2, 0.25) is 5.96 Å². The number of rotatable bonds is 0. The van der Waals surface area contributed by atoms with Crippen LogP contribution in [0.3, 0.4) is 0 Å². The molecule has 0 unspecified atom stereocenters. The lowest BCUT2D eigenvalue weighted by Gasteiger charge is -2.39. The van der Waals surface area contributed by atoms with Crippen LogP contribution in [-0.4, -0.2) is 47.8 Å². The predicted octanol–water partition coefficient (Wildman–Crippen LogP) is -0.547. The number of aliphatic hydroxyl groups is 1. The first-order valence-electron chi connectivity index (χ1n) is 5.58. The van der Waals surface area contributed by atoms with E-state index in [9.17, 15) is 5.11 Å². The Morgan fingerprint density at radius 1 is 1.44 bits per heavy atom. The van der Waals surface area contributed by atoms with Crippen molar-refractivity contribution in [2.24, 2.45) is 15.7 Å². The third-order valence-electron chi connectivity index (χ3n) is 3.08. The Balaban J connectivity index is 2.20. The molecule has 0 aromatic rings. The quantitative estimate of drug-likeness (QED) is 0.516. The van der Waals surface area contributed by atoms with E-state index in [0.29, 0.717) is 11.9 Å². The number of hydrogen-bond acceptors (Lipinski definition) is 6. The van der Waals surface area contributed by atoms with Crippen LogP contribution in [-0.2, 0) is 0 Å². The number of aliphatic hydroxyl groups excluding tert-OH is 1. The van der Waals surface area contributed by atoms with Crippen LogP contribution in [0.1, 0.15) is 25.7 Å². The highest BCUT2D eigenvalue weighted by molar-refractivity contribution is 5.96. The van der Waals surface area contributed by atoms with Gasteiger partial charge in [0.1, 0.15) is 5.66 Å². The third kappa shape index (κ3) is 2.11. The lowest BCUT2D eigenvalue weighted by Crippen LogP contribution is -2.56. The van der Waals surface area contributed by atoms with Crippen molar-refractivity contribution in [3.63, 3.8) is 0 Å². The topological polar surface area (TPSA) is 86.2 Å². The number of nitrogens with zero attached hydrogens (tertiary/aromatic N) is 3. The molecule has 90 valence electrons. The summed E-state index contributed by atoms with van der Waals surface area (Å²) in [6.45, 7) is 0. The van der Waals surface area contributed by atoms with E-state index in [1.54, 1.807) is 0 Å². The molecule has 0 bridgehead atoms. The molecule has 6 nitrogen and oxygen atoms in total. The van der Waals surface area contributed by atoms with Crippen LogP contribution in [0.15, 0.2) is 9.98 Å². The fourth-order valence-electron chi connectivity index (χ4n) is 2.14. The minimum absolute atomic E-state index is 0.203. The predicted molar refractivity (Wildman–Crippen MR) is 63.1 cm³/mol. The molecule has 6 heteroatoms. The van der Waals surface area contributed by atoms with Crippen molar-refractivity contribution in [2.45, 2.75) is 37.5 Å². The molecule has 2 aliphatic rings. The molecule has 0 saturated heterocycles. The molecule has 0 atom stereocenters. The second kappa shape index (κ2) is 3.93. The Morgan fingerprint density at radius 2 is 2.06 bits per heavy atom. The molecule has 1 spiro atoms. The van der Waals surface area contributed by atoms with E-state index in [1.807, 2.05) is 19.0 Å². The molecule has 16 heavy (non-hydrogen) atoms. The van der Waals surface area contributed by atoms with Crippen LogP contribution in [0.4, 0.5) is 0 Å². The molecule has 0 aromatic carbocycles. The Morgan fingerprint density at radius 3 is 2.62 bits per heavy atom. The maximum Gasteiger partial charge on any atom is 0.225 e. The molecule has 0 radical (unpaired) electrons. The van der Waals surface area contributed by atoms with Crippen molar-refractivity contribution in [1.29, 1.82) is 0 Å². The van der Waals surface area contributed by atoms with Crippen LogP contribution in [0.25, 0.3) is 0 Å². The van der Waals surface area contributed by atoms with Gasteiger partial charge in [0.05, 0.1) is 6.10 Å². The molecular weight excluding hydrogens is 206 g/mol. The van der Waals surface area contributed by atoms with Crippen molar-refractivity contribution in [2.75, 3.05) is 14.1 Å². The van der Waals surface area contributed by atoms with Crippen molar-refractivity contribution in [3.05, 3.63) is 0 Å². The van der Waals surface area contributed by atoms with E-state index >= 15 is 0 Å². The zero-order valence-corrected chi connectivity index (χ0v) is 9.77. The fraction of sp³-hybridized carbons (Fsp3) is 0.800. The van der Waals surface area contributed by atoms with Gasteiger partial charge >= 0.3 is 0 Å². The molecule has 2 rings (SSSR count). The Labute approximate surface area is 95.2 Å². The van der Waals surface area contributed by atoms with Gasteiger partial charge in [0, 0.05) is 14.1 Å². The maximum atomic E-state index is 9.52. The van der Waals surface area contributed by atoms with Gasteiger partial charge < -0.3 is 21.1 Å². The van der Waals surface area contributed by atoms with Gasteiger partial charge in [-0.3, -0.25) is 0 Å². The second-order valence-corrected chi connectivity index (χ2v) is 4.69. The fourth-order valence-corrected chi connectivity index (χ4v) is 2.14. The molecule has 0 amide bonds. The smallest absolute Gasteiger partial charge is 0.225 e. The van der Waals surface area contributed by atoms with Gasteiger partial charge in [0.25, 0.3) is 0 Å². The van der Waals surface area contributed by atoms with Crippen molar-refractivity contribution in [1.82, 2.24) is 10.2 Å². The van der Waals surface area contributed by atoms with Gasteiger partial charge in [-0.1, -0.05) is 0 Å². The summed E-state index contributed by atoms with van der Waals surface area (Å²) in [6.07, 6.45) is 2.89. The van der Waals surface area contributed by atoms with Crippen LogP contribution >= 0.6 is 0 Å². The summed E-state index contributed by atoms with van der Waals surface area (Å²) < 4.78 is 0. The van der Waals surface area contributed by atoms with Crippen LogP contribution in [0.2, 0.25) is 0 Å². The summed E-state index contributed by atoms with van der Waals surface area (Å²) in [4.78, 5) is 10.6. The Hall–Kier alpha value is -1.30. The van der Waals surface area contributed by atoms with Gasteiger partial charge in [-0.15, -0.1) is 0 Å². The lowest BCUT2D eigenvalue weighted by molar-refractivity contribution is 0.0923. The molecular formula is C10H19N5O. The monoisotopic (exact) mass is 225 g/mol. The third-order valence-corrected chi connectivity index (χ3v) is 3.08. The highest BCUT2D eigenvalue weighted by Gasteiger charge is 2.37. The van der Waals surface area contributed by atoms with Crippen molar-refractivity contribution >= 4 is 11.9 Å². The summed E-state index contributed by atoms with van der Waals surface area (Å²) in [5, 5.41) is 12.7. The molecule has 1 heterocycles. The Kier molecular flexibility index (Phi) is 2.75.